The summed E-state index contributed by atoms with van der Waals surface area (Å²) in [7, 11) is -3.59. The van der Waals surface area contributed by atoms with E-state index in [9.17, 15) is 0 Å². The van der Waals surface area contributed by atoms with Crippen LogP contribution in [0.5, 0.6) is 0 Å². The van der Waals surface area contributed by atoms with E-state index < -0.39 is 35.3 Å². The van der Waals surface area contributed by atoms with Gasteiger partial charge in [-0.15, -0.1) is 0 Å². The Bertz CT molecular complexity index is 1030. The Hall–Kier alpha value is -1.97. The zero-order valence-corrected chi connectivity index (χ0v) is 25.6. The molecule has 3 heteroatoms. The van der Waals surface area contributed by atoms with Crippen LogP contribution >= 0.6 is 0 Å². The molecule has 0 aliphatic rings. The van der Waals surface area contributed by atoms with Gasteiger partial charge in [0.2, 0.25) is 0 Å². The van der Waals surface area contributed by atoms with E-state index in [1.165, 1.54) is 22.3 Å². The first-order valence-electron chi connectivity index (χ1n) is 12.6. The van der Waals surface area contributed by atoms with E-state index in [-0.39, 0.29) is 6.69 Å². The topological polar surface area (TPSA) is 0 Å². The summed E-state index contributed by atoms with van der Waals surface area (Å²) in [4.78, 5) is 0. The Kier molecular flexibility index (Phi) is 7.59. The first-order chi connectivity index (χ1) is 16.6. The Morgan fingerprint density at radius 1 is 0.371 bits per heavy atom. The molecule has 0 heterocycles. The molecule has 178 valence electrons. The summed E-state index contributed by atoms with van der Waals surface area (Å²) in [6.07, 6.45) is 0. The fourth-order valence-corrected chi connectivity index (χ4v) is 19.0. The van der Waals surface area contributed by atoms with Crippen LogP contribution in [0.4, 0.5) is 0 Å². The molecule has 0 radical (unpaired) electrons. The monoisotopic (exact) mass is 526 g/mol. The number of rotatable bonds is 8. The number of hydrogen-bond acceptors (Lipinski definition) is 0. The second-order valence-corrected chi connectivity index (χ2v) is 26.4. The molecule has 0 saturated heterocycles. The van der Waals surface area contributed by atoms with Crippen LogP contribution in [0.1, 0.15) is 22.3 Å². The zero-order chi connectivity index (χ0) is 25.2. The summed E-state index contributed by atoms with van der Waals surface area (Å²) >= 11 is -0.660. The summed E-state index contributed by atoms with van der Waals surface area (Å²) in [6.45, 7) is 15.6. The van der Waals surface area contributed by atoms with Crippen LogP contribution in [0, 0.1) is 0 Å². The summed E-state index contributed by atoms with van der Waals surface area (Å²) in [5, 5.41) is 0. The van der Waals surface area contributed by atoms with Crippen molar-refractivity contribution in [3.8, 4) is 0 Å². The van der Waals surface area contributed by atoms with E-state index >= 15 is 0 Å². The summed E-state index contributed by atoms with van der Waals surface area (Å²) in [5.74, 6) is 0. The third kappa shape index (κ3) is 4.74. The van der Waals surface area contributed by atoms with E-state index in [4.69, 9.17) is 0 Å². The van der Waals surface area contributed by atoms with Crippen LogP contribution in [0.3, 0.4) is 0 Å². The fourth-order valence-electron chi connectivity index (χ4n) is 5.76. The van der Waals surface area contributed by atoms with Crippen molar-refractivity contribution in [2.24, 2.45) is 0 Å². The van der Waals surface area contributed by atoms with Gasteiger partial charge in [-0.3, -0.25) is 0 Å². The molecule has 0 aromatic heterocycles. The second-order valence-electron chi connectivity index (χ2n) is 11.6. The Labute approximate surface area is 223 Å². The van der Waals surface area contributed by atoms with Crippen molar-refractivity contribution >= 4 is 16.1 Å². The average Bonchev–Trinajstić information content (AvgIpc) is 2.85. The minimum atomic E-state index is -1.80. The molecule has 35 heavy (non-hydrogen) atoms. The number of hydrogen-bond donors (Lipinski definition) is 0. The van der Waals surface area contributed by atoms with Gasteiger partial charge in [-0.25, -0.2) is 0 Å². The second kappa shape index (κ2) is 10.2. The van der Waals surface area contributed by atoms with Gasteiger partial charge in [-0.05, 0) is 0 Å². The molecular weight excluding hydrogens is 488 g/mol. The van der Waals surface area contributed by atoms with Gasteiger partial charge in [0.15, 0.2) is 0 Å². The molecule has 0 spiro atoms. The molecule has 0 unspecified atom stereocenters. The van der Waals surface area contributed by atoms with Crippen LogP contribution in [0.25, 0.3) is 0 Å². The molecule has 0 fully saturated rings. The summed E-state index contributed by atoms with van der Waals surface area (Å²) in [6, 6.07) is 46.0. The van der Waals surface area contributed by atoms with Crippen molar-refractivity contribution in [1.82, 2.24) is 0 Å². The van der Waals surface area contributed by atoms with Crippen molar-refractivity contribution in [2.45, 2.75) is 46.0 Å². The van der Waals surface area contributed by atoms with Gasteiger partial charge in [0, 0.05) is 0 Å². The zero-order valence-electron chi connectivity index (χ0n) is 22.0. The first-order valence-corrected chi connectivity index (χ1v) is 21.2. The number of benzene rings is 4. The van der Waals surface area contributed by atoms with E-state index in [1.807, 2.05) is 0 Å². The van der Waals surface area contributed by atoms with Gasteiger partial charge >= 0.3 is 225 Å². The molecule has 4 aromatic rings. The van der Waals surface area contributed by atoms with Crippen molar-refractivity contribution in [2.75, 3.05) is 0 Å². The SMILES string of the molecule is C[Si](C)(C)[C]([Ti][C](c1ccccc1)(c1ccccc1)[Si](C)(C)C)(c1ccccc1)c1ccccc1. The van der Waals surface area contributed by atoms with Crippen molar-refractivity contribution in [3.63, 3.8) is 0 Å². The molecule has 0 amide bonds. The Morgan fingerprint density at radius 2 is 0.571 bits per heavy atom. The third-order valence-electron chi connectivity index (χ3n) is 7.45. The van der Waals surface area contributed by atoms with Crippen LogP contribution in [-0.4, -0.2) is 16.1 Å². The molecule has 0 bridgehead atoms. The minimum absolute atomic E-state index is 0.0709. The molecule has 0 aliphatic heterocycles. The predicted octanol–water partition coefficient (Wildman–Crippen LogP) is 8.71. The maximum absolute atomic E-state index is 2.60. The van der Waals surface area contributed by atoms with E-state index in [0.717, 1.165) is 0 Å². The standard InChI is InChI=1S/2C16H19Si.Ti/c2*1-17(2,3)16(14-10-6-4-7-11-14)15-12-8-5-9-13-15;/h2*4-13H,1-3H3;. The third-order valence-corrected chi connectivity index (χ3v) is 24.1. The van der Waals surface area contributed by atoms with E-state index in [1.54, 1.807) is 0 Å². The van der Waals surface area contributed by atoms with Crippen LogP contribution in [-0.2, 0) is 25.8 Å². The van der Waals surface area contributed by atoms with Crippen LogP contribution < -0.4 is 0 Å². The molecule has 0 nitrogen and oxygen atoms in total. The molecule has 0 atom stereocenters. The van der Waals surface area contributed by atoms with E-state index in [0.29, 0.717) is 0 Å². The maximum atomic E-state index is 2.60. The predicted molar refractivity (Wildman–Crippen MR) is 154 cm³/mol. The van der Waals surface area contributed by atoms with Gasteiger partial charge in [-0.2, -0.15) is 0 Å². The Balaban J connectivity index is 2.15. The van der Waals surface area contributed by atoms with Gasteiger partial charge in [-0.1, -0.05) is 0 Å². The van der Waals surface area contributed by atoms with Crippen LogP contribution in [0.2, 0.25) is 39.3 Å². The average molecular weight is 527 g/mol. The molecule has 4 aromatic carbocycles. The quantitative estimate of drug-likeness (QED) is 0.201. The Morgan fingerprint density at radius 3 is 0.743 bits per heavy atom. The van der Waals surface area contributed by atoms with Gasteiger partial charge < -0.3 is 0 Å². The van der Waals surface area contributed by atoms with E-state index in [2.05, 4.69) is 161 Å². The molecular formula is C32H38Si2Ti. The first kappa shape index (κ1) is 26.1. The normalized spacial score (nSPS) is 12.9. The molecule has 4 rings (SSSR count). The summed E-state index contributed by atoms with van der Waals surface area (Å²) < 4.78 is 0.142. The molecule has 0 saturated carbocycles. The summed E-state index contributed by atoms with van der Waals surface area (Å²) in [5.41, 5.74) is 6.06. The van der Waals surface area contributed by atoms with Gasteiger partial charge in [0.05, 0.1) is 0 Å². The van der Waals surface area contributed by atoms with Crippen molar-refractivity contribution in [3.05, 3.63) is 144 Å². The van der Waals surface area contributed by atoms with Gasteiger partial charge in [0.25, 0.3) is 0 Å². The fraction of sp³-hybridized carbons (Fsp3) is 0.250. The van der Waals surface area contributed by atoms with Crippen molar-refractivity contribution in [1.29, 1.82) is 0 Å². The van der Waals surface area contributed by atoms with Crippen LogP contribution in [0.15, 0.2) is 121 Å². The molecule has 0 aliphatic carbocycles. The van der Waals surface area contributed by atoms with Crippen molar-refractivity contribution < 1.29 is 19.2 Å². The van der Waals surface area contributed by atoms with Gasteiger partial charge in [0.1, 0.15) is 0 Å². The molecule has 0 N–H and O–H groups in total.